The number of halogens is 2. The largest absolute Gasteiger partial charge is 0.278 e. The van der Waals surface area contributed by atoms with Crippen molar-refractivity contribution in [3.8, 4) is 0 Å². The van der Waals surface area contributed by atoms with Crippen LogP contribution < -0.4 is 0 Å². The Morgan fingerprint density at radius 2 is 2.14 bits per heavy atom. The molecule has 0 amide bonds. The summed E-state index contributed by atoms with van der Waals surface area (Å²) in [5.74, 6) is 0. The van der Waals surface area contributed by atoms with Gasteiger partial charge in [0.25, 0.3) is 12.1 Å². The number of hydrogen-bond acceptors (Lipinski definition) is 2. The lowest BCUT2D eigenvalue weighted by Gasteiger charge is -2.03. The molecule has 0 heterocycles. The molecule has 14 heavy (non-hydrogen) atoms. The molecule has 1 aromatic carbocycles. The van der Waals surface area contributed by atoms with Gasteiger partial charge in [-0.3, -0.25) is 10.1 Å². The molecule has 0 N–H and O–H groups in total. The van der Waals surface area contributed by atoms with Crippen molar-refractivity contribution >= 4 is 5.69 Å². The first kappa shape index (κ1) is 10.6. The van der Waals surface area contributed by atoms with E-state index in [-0.39, 0.29) is 0 Å². The molecule has 0 fully saturated rings. The zero-order valence-corrected chi connectivity index (χ0v) is 7.54. The predicted octanol–water partition coefficient (Wildman–Crippen LogP) is 3.09. The molecule has 1 rings (SSSR count). The molecular formula is C9H9F2NO2. The van der Waals surface area contributed by atoms with Gasteiger partial charge in [-0.15, -0.1) is 0 Å². The Labute approximate surface area is 79.5 Å². The van der Waals surface area contributed by atoms with E-state index < -0.39 is 22.6 Å². The fraction of sp³-hybridized carbons (Fsp3) is 0.333. The molecule has 0 spiro atoms. The molecule has 0 aromatic heterocycles. The van der Waals surface area contributed by atoms with Gasteiger partial charge in [0.1, 0.15) is 0 Å². The summed E-state index contributed by atoms with van der Waals surface area (Å²) in [4.78, 5) is 9.61. The third-order valence-corrected chi connectivity index (χ3v) is 1.93. The van der Waals surface area contributed by atoms with Gasteiger partial charge in [-0.25, -0.2) is 8.78 Å². The maximum absolute atomic E-state index is 12.4. The first-order valence-corrected chi connectivity index (χ1v) is 4.11. The summed E-state index contributed by atoms with van der Waals surface area (Å²) < 4.78 is 24.8. The number of nitro groups is 1. The van der Waals surface area contributed by atoms with E-state index in [2.05, 4.69) is 0 Å². The maximum atomic E-state index is 12.4. The third kappa shape index (κ3) is 2.04. The molecule has 0 aliphatic carbocycles. The summed E-state index contributed by atoms with van der Waals surface area (Å²) in [5.41, 5.74) is -0.350. The zero-order valence-electron chi connectivity index (χ0n) is 7.54. The van der Waals surface area contributed by atoms with Gasteiger partial charge in [0, 0.05) is 6.07 Å². The monoisotopic (exact) mass is 201 g/mol. The van der Waals surface area contributed by atoms with Crippen LogP contribution in [0.3, 0.4) is 0 Å². The summed E-state index contributed by atoms with van der Waals surface area (Å²) >= 11 is 0. The molecular weight excluding hydrogens is 192 g/mol. The topological polar surface area (TPSA) is 43.1 Å². The quantitative estimate of drug-likeness (QED) is 0.557. The van der Waals surface area contributed by atoms with E-state index in [1.54, 1.807) is 6.92 Å². The van der Waals surface area contributed by atoms with Crippen LogP contribution in [0.1, 0.15) is 24.5 Å². The lowest BCUT2D eigenvalue weighted by molar-refractivity contribution is -0.386. The summed E-state index contributed by atoms with van der Waals surface area (Å²) in [5, 5.41) is 10.4. The van der Waals surface area contributed by atoms with E-state index in [0.717, 1.165) is 6.07 Å². The van der Waals surface area contributed by atoms with Crippen LogP contribution in [0.2, 0.25) is 0 Å². The average Bonchev–Trinajstić information content (AvgIpc) is 2.16. The SMILES string of the molecule is CCc1ccc([N+](=O)[O-])c(C(F)F)c1. The predicted molar refractivity (Wildman–Crippen MR) is 47.4 cm³/mol. The van der Waals surface area contributed by atoms with Crippen molar-refractivity contribution in [3.05, 3.63) is 39.4 Å². The summed E-state index contributed by atoms with van der Waals surface area (Å²) in [6.45, 7) is 1.80. The van der Waals surface area contributed by atoms with Gasteiger partial charge in [-0.05, 0) is 18.1 Å². The second-order valence-electron chi connectivity index (χ2n) is 2.80. The summed E-state index contributed by atoms with van der Waals surface area (Å²) in [6, 6.07) is 3.80. The van der Waals surface area contributed by atoms with E-state index >= 15 is 0 Å². The first-order chi connectivity index (χ1) is 6.56. The third-order valence-electron chi connectivity index (χ3n) is 1.93. The molecule has 3 nitrogen and oxygen atoms in total. The van der Waals surface area contributed by atoms with Crippen molar-refractivity contribution in [1.29, 1.82) is 0 Å². The Hall–Kier alpha value is -1.52. The average molecular weight is 201 g/mol. The minimum atomic E-state index is -2.80. The van der Waals surface area contributed by atoms with Crippen LogP contribution in [0.4, 0.5) is 14.5 Å². The van der Waals surface area contributed by atoms with E-state index in [1.165, 1.54) is 12.1 Å². The minimum Gasteiger partial charge on any atom is -0.258 e. The van der Waals surface area contributed by atoms with E-state index in [4.69, 9.17) is 0 Å². The van der Waals surface area contributed by atoms with E-state index in [1.807, 2.05) is 0 Å². The van der Waals surface area contributed by atoms with Crippen molar-refractivity contribution in [1.82, 2.24) is 0 Å². The van der Waals surface area contributed by atoms with Gasteiger partial charge in [0.2, 0.25) is 0 Å². The summed E-state index contributed by atoms with van der Waals surface area (Å²) in [6.07, 6.45) is -2.22. The lowest BCUT2D eigenvalue weighted by Crippen LogP contribution is -1.97. The van der Waals surface area contributed by atoms with Crippen molar-refractivity contribution in [2.24, 2.45) is 0 Å². The molecule has 0 saturated heterocycles. The Morgan fingerprint density at radius 3 is 2.57 bits per heavy atom. The molecule has 0 unspecified atom stereocenters. The van der Waals surface area contributed by atoms with Crippen molar-refractivity contribution < 1.29 is 13.7 Å². The van der Waals surface area contributed by atoms with Crippen LogP contribution in [-0.2, 0) is 6.42 Å². The molecule has 0 aliphatic rings. The zero-order chi connectivity index (χ0) is 10.7. The number of alkyl halides is 2. The highest BCUT2D eigenvalue weighted by atomic mass is 19.3. The van der Waals surface area contributed by atoms with Crippen LogP contribution >= 0.6 is 0 Å². The van der Waals surface area contributed by atoms with Crippen LogP contribution in [0, 0.1) is 10.1 Å². The highest BCUT2D eigenvalue weighted by molar-refractivity contribution is 5.43. The Kier molecular flexibility index (Phi) is 3.11. The molecule has 76 valence electrons. The summed E-state index contributed by atoms with van der Waals surface area (Å²) in [7, 11) is 0. The van der Waals surface area contributed by atoms with Crippen LogP contribution in [0.15, 0.2) is 18.2 Å². The Bertz CT molecular complexity index is 353. The van der Waals surface area contributed by atoms with Crippen molar-refractivity contribution in [2.45, 2.75) is 19.8 Å². The number of nitro benzene ring substituents is 1. The smallest absolute Gasteiger partial charge is 0.258 e. The minimum absolute atomic E-state index is 0.505. The number of benzene rings is 1. The molecule has 0 radical (unpaired) electrons. The van der Waals surface area contributed by atoms with Gasteiger partial charge in [-0.1, -0.05) is 13.0 Å². The van der Waals surface area contributed by atoms with Gasteiger partial charge in [0.05, 0.1) is 10.5 Å². The van der Waals surface area contributed by atoms with Crippen LogP contribution in [0.25, 0.3) is 0 Å². The van der Waals surface area contributed by atoms with Crippen LogP contribution in [0.5, 0.6) is 0 Å². The van der Waals surface area contributed by atoms with Crippen molar-refractivity contribution in [2.75, 3.05) is 0 Å². The molecule has 0 atom stereocenters. The fourth-order valence-electron chi connectivity index (χ4n) is 1.16. The number of rotatable bonds is 3. The molecule has 5 heteroatoms. The molecule has 0 bridgehead atoms. The molecule has 1 aromatic rings. The van der Waals surface area contributed by atoms with Crippen LogP contribution in [-0.4, -0.2) is 4.92 Å². The van der Waals surface area contributed by atoms with E-state index in [0.29, 0.717) is 12.0 Å². The highest BCUT2D eigenvalue weighted by Crippen LogP contribution is 2.29. The molecule has 0 saturated carbocycles. The number of hydrogen-bond donors (Lipinski definition) is 0. The maximum Gasteiger partial charge on any atom is 0.278 e. The normalized spacial score (nSPS) is 10.6. The second-order valence-corrected chi connectivity index (χ2v) is 2.80. The van der Waals surface area contributed by atoms with Gasteiger partial charge < -0.3 is 0 Å². The number of nitrogens with zero attached hydrogens (tertiary/aromatic N) is 1. The van der Waals surface area contributed by atoms with E-state index in [9.17, 15) is 18.9 Å². The standard InChI is InChI=1S/C9H9F2NO2/c1-2-6-3-4-8(12(13)14)7(5-6)9(10)11/h3-5,9H,2H2,1H3. The molecule has 0 aliphatic heterocycles. The highest BCUT2D eigenvalue weighted by Gasteiger charge is 2.21. The second kappa shape index (κ2) is 4.13. The van der Waals surface area contributed by atoms with Crippen molar-refractivity contribution in [3.63, 3.8) is 0 Å². The van der Waals surface area contributed by atoms with Gasteiger partial charge in [-0.2, -0.15) is 0 Å². The van der Waals surface area contributed by atoms with Gasteiger partial charge >= 0.3 is 0 Å². The Balaban J connectivity index is 3.24. The Morgan fingerprint density at radius 1 is 1.50 bits per heavy atom. The fourth-order valence-corrected chi connectivity index (χ4v) is 1.16. The van der Waals surface area contributed by atoms with Gasteiger partial charge in [0.15, 0.2) is 0 Å². The lowest BCUT2D eigenvalue weighted by atomic mass is 10.1. The number of aryl methyl sites for hydroxylation is 1. The first-order valence-electron chi connectivity index (χ1n) is 4.11.